The maximum Gasteiger partial charge on any atom is 0.127 e. The van der Waals surface area contributed by atoms with Gasteiger partial charge in [0.15, 0.2) is 0 Å². The topological polar surface area (TPSA) is 40.5 Å². The first-order valence-electron chi connectivity index (χ1n) is 5.09. The van der Waals surface area contributed by atoms with Crippen molar-refractivity contribution in [3.63, 3.8) is 0 Å². The van der Waals surface area contributed by atoms with Gasteiger partial charge in [-0.25, -0.2) is 0 Å². The molecular weight excluding hydrogens is 200 g/mol. The Morgan fingerprint density at radius 2 is 1.50 bits per heavy atom. The highest BCUT2D eigenvalue weighted by Gasteiger charge is 2.05. The summed E-state index contributed by atoms with van der Waals surface area (Å²) in [5.41, 5.74) is 0. The number of phenolic OH excluding ortho intramolecular Hbond substituents is 2. The largest absolute Gasteiger partial charge is 0.508 e. The molecule has 16 heavy (non-hydrogen) atoms. The van der Waals surface area contributed by atoms with Crippen molar-refractivity contribution in [2.24, 2.45) is 0 Å². The van der Waals surface area contributed by atoms with E-state index in [1.54, 1.807) is 6.07 Å². The lowest BCUT2D eigenvalue weighted by Gasteiger charge is -2.06. The molecule has 0 fully saturated rings. The minimum Gasteiger partial charge on any atom is -0.508 e. The quantitative estimate of drug-likeness (QED) is 0.558. The van der Waals surface area contributed by atoms with Crippen LogP contribution in [0.3, 0.4) is 0 Å². The van der Waals surface area contributed by atoms with E-state index in [0.29, 0.717) is 0 Å². The fourth-order valence-electron chi connectivity index (χ4n) is 2.08. The molecule has 0 saturated heterocycles. The highest BCUT2D eigenvalue weighted by Crippen LogP contribution is 2.34. The van der Waals surface area contributed by atoms with Gasteiger partial charge in [-0.15, -0.1) is 0 Å². The molecule has 0 aliphatic carbocycles. The third kappa shape index (κ3) is 1.20. The van der Waals surface area contributed by atoms with Crippen molar-refractivity contribution in [3.8, 4) is 11.5 Å². The first-order chi connectivity index (χ1) is 7.75. The molecule has 0 amide bonds. The molecule has 3 rings (SSSR count). The summed E-state index contributed by atoms with van der Waals surface area (Å²) < 4.78 is 0. The van der Waals surface area contributed by atoms with Crippen LogP contribution < -0.4 is 0 Å². The van der Waals surface area contributed by atoms with Gasteiger partial charge in [0.1, 0.15) is 11.5 Å². The molecule has 3 aromatic carbocycles. The maximum atomic E-state index is 9.75. The smallest absolute Gasteiger partial charge is 0.127 e. The zero-order valence-corrected chi connectivity index (χ0v) is 8.51. The molecule has 0 spiro atoms. The second-order valence-electron chi connectivity index (χ2n) is 3.85. The van der Waals surface area contributed by atoms with Crippen LogP contribution in [-0.4, -0.2) is 10.2 Å². The standard InChI is InChI=1S/C14H10O2/c15-10-7-13-11-4-2-1-3-9(11)5-6-12(13)14(16)8-10/h1-8,15-16H. The van der Waals surface area contributed by atoms with Gasteiger partial charge in [0.25, 0.3) is 0 Å². The molecule has 2 heteroatoms. The molecule has 0 aliphatic rings. The number of phenols is 2. The van der Waals surface area contributed by atoms with Crippen molar-refractivity contribution in [2.45, 2.75) is 0 Å². The lowest BCUT2D eigenvalue weighted by Crippen LogP contribution is -1.78. The van der Waals surface area contributed by atoms with Gasteiger partial charge < -0.3 is 10.2 Å². The van der Waals surface area contributed by atoms with E-state index in [-0.39, 0.29) is 11.5 Å². The van der Waals surface area contributed by atoms with Crippen LogP contribution in [0.25, 0.3) is 21.5 Å². The van der Waals surface area contributed by atoms with Crippen molar-refractivity contribution in [1.29, 1.82) is 0 Å². The highest BCUT2D eigenvalue weighted by atomic mass is 16.3. The monoisotopic (exact) mass is 210 g/mol. The number of aromatic hydroxyl groups is 2. The van der Waals surface area contributed by atoms with Crippen LogP contribution in [0.1, 0.15) is 0 Å². The Morgan fingerprint density at radius 3 is 2.38 bits per heavy atom. The van der Waals surface area contributed by atoms with Gasteiger partial charge in [-0.3, -0.25) is 0 Å². The molecule has 0 saturated carbocycles. The predicted octanol–water partition coefficient (Wildman–Crippen LogP) is 3.40. The Kier molecular flexibility index (Phi) is 1.77. The molecule has 0 atom stereocenters. The van der Waals surface area contributed by atoms with Crippen LogP contribution in [0.4, 0.5) is 0 Å². The van der Waals surface area contributed by atoms with E-state index in [0.717, 1.165) is 21.5 Å². The minimum absolute atomic E-state index is 0.0846. The molecule has 2 nitrogen and oxygen atoms in total. The molecule has 0 unspecified atom stereocenters. The SMILES string of the molecule is Oc1cc(O)c2ccc3ccccc3c2c1. The van der Waals surface area contributed by atoms with E-state index in [1.165, 1.54) is 6.07 Å². The number of benzene rings is 3. The molecule has 78 valence electrons. The van der Waals surface area contributed by atoms with Gasteiger partial charge >= 0.3 is 0 Å². The molecule has 0 aliphatic heterocycles. The van der Waals surface area contributed by atoms with E-state index in [4.69, 9.17) is 0 Å². The Bertz CT molecular complexity index is 687. The normalized spacial score (nSPS) is 11.0. The van der Waals surface area contributed by atoms with Crippen LogP contribution in [0, 0.1) is 0 Å². The molecule has 0 bridgehead atoms. The zero-order valence-electron chi connectivity index (χ0n) is 8.51. The van der Waals surface area contributed by atoms with Crippen LogP contribution in [-0.2, 0) is 0 Å². The second-order valence-corrected chi connectivity index (χ2v) is 3.85. The van der Waals surface area contributed by atoms with E-state index in [1.807, 2.05) is 36.4 Å². The minimum atomic E-state index is 0.0846. The predicted molar refractivity (Wildman–Crippen MR) is 64.8 cm³/mol. The summed E-state index contributed by atoms with van der Waals surface area (Å²) >= 11 is 0. The fourth-order valence-corrected chi connectivity index (χ4v) is 2.08. The van der Waals surface area contributed by atoms with Gasteiger partial charge in [0.05, 0.1) is 0 Å². The molecule has 2 N–H and O–H groups in total. The van der Waals surface area contributed by atoms with Crippen LogP contribution in [0.15, 0.2) is 48.5 Å². The number of hydrogen-bond donors (Lipinski definition) is 2. The Labute approximate surface area is 92.4 Å². The van der Waals surface area contributed by atoms with E-state index < -0.39 is 0 Å². The molecule has 0 heterocycles. The molecule has 0 radical (unpaired) electrons. The van der Waals surface area contributed by atoms with Crippen molar-refractivity contribution < 1.29 is 10.2 Å². The Balaban J connectivity index is 2.59. The maximum absolute atomic E-state index is 9.75. The van der Waals surface area contributed by atoms with Crippen molar-refractivity contribution >= 4 is 21.5 Å². The van der Waals surface area contributed by atoms with Gasteiger partial charge in [0, 0.05) is 11.5 Å². The Morgan fingerprint density at radius 1 is 0.688 bits per heavy atom. The van der Waals surface area contributed by atoms with Crippen LogP contribution >= 0.6 is 0 Å². The summed E-state index contributed by atoms with van der Waals surface area (Å²) in [6.07, 6.45) is 0. The summed E-state index contributed by atoms with van der Waals surface area (Å²) in [4.78, 5) is 0. The molecular formula is C14H10O2. The second kappa shape index (κ2) is 3.14. The average Bonchev–Trinajstić information content (AvgIpc) is 2.28. The molecule has 0 aromatic heterocycles. The summed E-state index contributed by atoms with van der Waals surface area (Å²) in [5, 5.41) is 23.0. The average molecular weight is 210 g/mol. The van der Waals surface area contributed by atoms with Crippen molar-refractivity contribution in [2.75, 3.05) is 0 Å². The Hall–Kier alpha value is -2.22. The van der Waals surface area contributed by atoms with E-state index in [2.05, 4.69) is 0 Å². The third-order valence-electron chi connectivity index (χ3n) is 2.82. The zero-order chi connectivity index (χ0) is 11.1. The fraction of sp³-hybridized carbons (Fsp3) is 0. The van der Waals surface area contributed by atoms with Gasteiger partial charge in [0.2, 0.25) is 0 Å². The summed E-state index contributed by atoms with van der Waals surface area (Å²) in [6.45, 7) is 0. The van der Waals surface area contributed by atoms with Crippen LogP contribution in [0.2, 0.25) is 0 Å². The summed E-state index contributed by atoms with van der Waals surface area (Å²) in [7, 11) is 0. The van der Waals surface area contributed by atoms with Gasteiger partial charge in [-0.1, -0.05) is 36.4 Å². The summed E-state index contributed by atoms with van der Waals surface area (Å²) in [6, 6.07) is 14.8. The van der Waals surface area contributed by atoms with Crippen molar-refractivity contribution in [3.05, 3.63) is 48.5 Å². The lowest BCUT2D eigenvalue weighted by molar-refractivity contribution is 0.455. The molecule has 3 aromatic rings. The van der Waals surface area contributed by atoms with Gasteiger partial charge in [-0.05, 0) is 22.2 Å². The van der Waals surface area contributed by atoms with E-state index >= 15 is 0 Å². The van der Waals surface area contributed by atoms with Gasteiger partial charge in [-0.2, -0.15) is 0 Å². The van der Waals surface area contributed by atoms with E-state index in [9.17, 15) is 10.2 Å². The third-order valence-corrected chi connectivity index (χ3v) is 2.82. The number of rotatable bonds is 0. The lowest BCUT2D eigenvalue weighted by atomic mass is 10.0. The summed E-state index contributed by atoms with van der Waals surface area (Å²) in [5.74, 6) is 0.196. The van der Waals surface area contributed by atoms with Crippen LogP contribution in [0.5, 0.6) is 11.5 Å². The number of hydrogen-bond acceptors (Lipinski definition) is 2. The van der Waals surface area contributed by atoms with Crippen molar-refractivity contribution in [1.82, 2.24) is 0 Å². The first kappa shape index (κ1) is 9.04. The highest BCUT2D eigenvalue weighted by molar-refractivity contribution is 6.09. The number of fused-ring (bicyclic) bond motifs is 3. The first-order valence-corrected chi connectivity index (χ1v) is 5.09.